The van der Waals surface area contributed by atoms with Crippen molar-refractivity contribution in [3.8, 4) is 39.5 Å². The van der Waals surface area contributed by atoms with Gasteiger partial charge < -0.3 is 24.4 Å². The molecule has 1 heterocycles. The molecule has 0 saturated carbocycles. The van der Waals surface area contributed by atoms with Crippen LogP contribution >= 0.6 is 0 Å². The van der Waals surface area contributed by atoms with Gasteiger partial charge in [-0.15, -0.1) is 0 Å². The number of piperidine rings is 1. The van der Waals surface area contributed by atoms with Crippen LogP contribution in [0.4, 0.5) is 5.69 Å². The Morgan fingerprint density at radius 2 is 1.57 bits per heavy atom. The first-order valence-corrected chi connectivity index (χ1v) is 15.6. The number of methoxy groups -OCH3 is 2. The van der Waals surface area contributed by atoms with E-state index in [2.05, 4.69) is 61.4 Å². The van der Waals surface area contributed by atoms with Crippen LogP contribution in [0.25, 0.3) is 22.3 Å². The highest BCUT2D eigenvalue weighted by Crippen LogP contribution is 2.34. The lowest BCUT2D eigenvalue weighted by Crippen LogP contribution is -2.35. The molecule has 44 heavy (non-hydrogen) atoms. The quantitative estimate of drug-likeness (QED) is 0.190. The standard InChI is InChI=1S/C38H44N2O4/c1-26(2)9-10-30-23-28(13-17-36(30)44-33-19-21-40(3)22-20-33)27-11-15-32(16-12-27)39-38(41)31-14-18-37(43-5)35(25-31)29-7-6-8-34(24-29)42-4/h6-8,11-18,23-26,33H,9-10,19-22H2,1-5H3,(H,39,41). The number of nitrogens with one attached hydrogen (secondary N) is 1. The Balaban J connectivity index is 1.31. The van der Waals surface area contributed by atoms with Crippen LogP contribution in [0.15, 0.2) is 84.9 Å². The first kappa shape index (κ1) is 31.1. The van der Waals surface area contributed by atoms with Gasteiger partial charge in [-0.2, -0.15) is 0 Å². The lowest BCUT2D eigenvalue weighted by molar-refractivity contribution is 0.102. The normalized spacial score (nSPS) is 14.0. The third-order valence-corrected chi connectivity index (χ3v) is 8.33. The number of amides is 1. The van der Waals surface area contributed by atoms with Crippen molar-refractivity contribution < 1.29 is 19.0 Å². The van der Waals surface area contributed by atoms with Crippen LogP contribution in [-0.2, 0) is 6.42 Å². The molecular weight excluding hydrogens is 548 g/mol. The molecule has 0 aliphatic carbocycles. The van der Waals surface area contributed by atoms with E-state index >= 15 is 0 Å². The molecule has 1 amide bonds. The van der Waals surface area contributed by atoms with Gasteiger partial charge >= 0.3 is 0 Å². The van der Waals surface area contributed by atoms with Gasteiger partial charge in [0.05, 0.1) is 14.2 Å². The molecule has 0 aromatic heterocycles. The molecule has 1 N–H and O–H groups in total. The highest BCUT2D eigenvalue weighted by atomic mass is 16.5. The predicted octanol–water partition coefficient (Wildman–Crippen LogP) is 8.35. The van der Waals surface area contributed by atoms with Crippen LogP contribution < -0.4 is 19.5 Å². The minimum Gasteiger partial charge on any atom is -0.497 e. The number of ether oxygens (including phenoxy) is 3. The van der Waals surface area contributed by atoms with E-state index in [9.17, 15) is 4.79 Å². The average Bonchev–Trinajstić information content (AvgIpc) is 3.05. The fraction of sp³-hybridized carbons (Fsp3) is 0.342. The number of hydrogen-bond acceptors (Lipinski definition) is 5. The van der Waals surface area contributed by atoms with E-state index in [1.54, 1.807) is 20.3 Å². The molecule has 1 aliphatic heterocycles. The number of aryl methyl sites for hydroxylation is 1. The Morgan fingerprint density at radius 1 is 0.841 bits per heavy atom. The summed E-state index contributed by atoms with van der Waals surface area (Å²) < 4.78 is 17.5. The van der Waals surface area contributed by atoms with E-state index in [0.29, 0.717) is 17.2 Å². The van der Waals surface area contributed by atoms with Crippen LogP contribution in [0.5, 0.6) is 17.2 Å². The molecule has 4 aromatic rings. The van der Waals surface area contributed by atoms with Crippen LogP contribution in [0, 0.1) is 5.92 Å². The lowest BCUT2D eigenvalue weighted by Gasteiger charge is -2.30. The number of carbonyl (C=O) groups is 1. The zero-order chi connectivity index (χ0) is 31.1. The first-order valence-electron chi connectivity index (χ1n) is 15.6. The van der Waals surface area contributed by atoms with E-state index in [1.807, 2.05) is 48.5 Å². The number of hydrogen-bond donors (Lipinski definition) is 1. The number of benzene rings is 4. The number of carbonyl (C=O) groups excluding carboxylic acids is 1. The molecule has 0 radical (unpaired) electrons. The summed E-state index contributed by atoms with van der Waals surface area (Å²) in [5, 5.41) is 3.05. The van der Waals surface area contributed by atoms with E-state index in [4.69, 9.17) is 14.2 Å². The minimum absolute atomic E-state index is 0.184. The second kappa shape index (κ2) is 14.5. The van der Waals surface area contributed by atoms with Crippen molar-refractivity contribution in [2.45, 2.75) is 45.6 Å². The maximum atomic E-state index is 13.3. The number of anilines is 1. The van der Waals surface area contributed by atoms with Crippen molar-refractivity contribution in [3.63, 3.8) is 0 Å². The molecule has 230 valence electrons. The van der Waals surface area contributed by atoms with Crippen molar-refractivity contribution in [2.24, 2.45) is 5.92 Å². The van der Waals surface area contributed by atoms with Gasteiger partial charge in [0.25, 0.3) is 5.91 Å². The van der Waals surface area contributed by atoms with E-state index in [-0.39, 0.29) is 12.0 Å². The van der Waals surface area contributed by atoms with Gasteiger partial charge in [-0.25, -0.2) is 0 Å². The Labute approximate surface area is 262 Å². The summed E-state index contributed by atoms with van der Waals surface area (Å²) in [7, 11) is 5.44. The third kappa shape index (κ3) is 7.80. The van der Waals surface area contributed by atoms with E-state index < -0.39 is 0 Å². The maximum Gasteiger partial charge on any atom is 0.255 e. The second-order valence-electron chi connectivity index (χ2n) is 12.1. The van der Waals surface area contributed by atoms with Crippen molar-refractivity contribution in [2.75, 3.05) is 39.7 Å². The smallest absolute Gasteiger partial charge is 0.255 e. The fourth-order valence-corrected chi connectivity index (χ4v) is 5.61. The van der Waals surface area contributed by atoms with E-state index in [1.165, 1.54) is 5.56 Å². The second-order valence-corrected chi connectivity index (χ2v) is 12.1. The number of rotatable bonds is 11. The van der Waals surface area contributed by atoms with Gasteiger partial charge in [0.15, 0.2) is 0 Å². The molecule has 0 unspecified atom stereocenters. The molecule has 6 heteroatoms. The molecule has 0 bridgehead atoms. The molecule has 4 aromatic carbocycles. The summed E-state index contributed by atoms with van der Waals surface area (Å²) >= 11 is 0. The van der Waals surface area contributed by atoms with Gasteiger partial charge in [0, 0.05) is 29.9 Å². The molecular formula is C38H44N2O4. The summed E-state index contributed by atoms with van der Waals surface area (Å²) in [4.78, 5) is 15.6. The number of likely N-dealkylation sites (tertiary alicyclic amines) is 1. The molecule has 6 nitrogen and oxygen atoms in total. The Morgan fingerprint density at radius 3 is 2.27 bits per heavy atom. The van der Waals surface area contributed by atoms with Gasteiger partial charge in [-0.3, -0.25) is 4.79 Å². The molecule has 1 fully saturated rings. The van der Waals surface area contributed by atoms with Gasteiger partial charge in [-0.1, -0.05) is 44.2 Å². The Kier molecular flexibility index (Phi) is 10.2. The van der Waals surface area contributed by atoms with Crippen molar-refractivity contribution in [1.82, 2.24) is 4.90 Å². The van der Waals surface area contributed by atoms with Crippen molar-refractivity contribution in [3.05, 3.63) is 96.1 Å². The van der Waals surface area contributed by atoms with Crippen LogP contribution in [0.1, 0.15) is 49.0 Å². The largest absolute Gasteiger partial charge is 0.497 e. The fourth-order valence-electron chi connectivity index (χ4n) is 5.61. The Hall–Kier alpha value is -4.29. The minimum atomic E-state index is -0.184. The van der Waals surface area contributed by atoms with Crippen LogP contribution in [0.3, 0.4) is 0 Å². The molecule has 0 atom stereocenters. The van der Waals surface area contributed by atoms with Crippen molar-refractivity contribution in [1.29, 1.82) is 0 Å². The Bertz CT molecular complexity index is 1560. The number of nitrogens with zero attached hydrogens (tertiary/aromatic N) is 1. The van der Waals surface area contributed by atoms with Crippen LogP contribution in [-0.4, -0.2) is 51.3 Å². The predicted molar refractivity (Wildman–Crippen MR) is 179 cm³/mol. The van der Waals surface area contributed by atoms with E-state index in [0.717, 1.165) is 78.2 Å². The monoisotopic (exact) mass is 592 g/mol. The van der Waals surface area contributed by atoms with Crippen LogP contribution in [0.2, 0.25) is 0 Å². The van der Waals surface area contributed by atoms with Gasteiger partial charge in [0.1, 0.15) is 23.4 Å². The average molecular weight is 593 g/mol. The highest BCUT2D eigenvalue weighted by molar-refractivity contribution is 6.05. The summed E-state index contributed by atoms with van der Waals surface area (Å²) in [5.74, 6) is 2.88. The molecule has 1 aliphatic rings. The SMILES string of the molecule is COc1cccc(-c2cc(C(=O)Nc3ccc(-c4ccc(OC5CCN(C)CC5)c(CCC(C)C)c4)cc3)ccc2OC)c1. The highest BCUT2D eigenvalue weighted by Gasteiger charge is 2.20. The summed E-state index contributed by atoms with van der Waals surface area (Å²) in [6.07, 6.45) is 4.50. The molecule has 1 saturated heterocycles. The summed E-state index contributed by atoms with van der Waals surface area (Å²) in [6, 6.07) is 27.8. The molecule has 0 spiro atoms. The topological polar surface area (TPSA) is 60.0 Å². The first-order chi connectivity index (χ1) is 21.3. The third-order valence-electron chi connectivity index (χ3n) is 8.33. The zero-order valence-electron chi connectivity index (χ0n) is 26.6. The summed E-state index contributed by atoms with van der Waals surface area (Å²) in [6.45, 7) is 6.68. The van der Waals surface area contributed by atoms with Gasteiger partial charge in [0.2, 0.25) is 0 Å². The van der Waals surface area contributed by atoms with Crippen molar-refractivity contribution >= 4 is 11.6 Å². The summed E-state index contributed by atoms with van der Waals surface area (Å²) in [5.41, 5.74) is 6.53. The maximum absolute atomic E-state index is 13.3. The van der Waals surface area contributed by atoms with Gasteiger partial charge in [-0.05, 0) is 115 Å². The lowest BCUT2D eigenvalue weighted by atomic mass is 9.97. The molecule has 5 rings (SSSR count). The zero-order valence-corrected chi connectivity index (χ0v) is 26.6.